The van der Waals surface area contributed by atoms with Crippen molar-refractivity contribution >= 4 is 28.2 Å². The molecule has 0 saturated heterocycles. The van der Waals surface area contributed by atoms with Gasteiger partial charge in [0, 0.05) is 28.0 Å². The van der Waals surface area contributed by atoms with Crippen molar-refractivity contribution in [3.05, 3.63) is 70.4 Å². The number of benzene rings is 2. The summed E-state index contributed by atoms with van der Waals surface area (Å²) in [6.07, 6.45) is 0.996. The molecule has 2 aromatic carbocycles. The highest BCUT2D eigenvalue weighted by molar-refractivity contribution is 6.30. The number of fused-ring (bicyclic) bond motifs is 3. The molecule has 3 heteroatoms. The minimum absolute atomic E-state index is 0.752. The summed E-state index contributed by atoms with van der Waals surface area (Å²) in [6, 6.07) is 16.3. The first-order valence-corrected chi connectivity index (χ1v) is 7.11. The van der Waals surface area contributed by atoms with Gasteiger partial charge in [0.1, 0.15) is 0 Å². The molecule has 0 amide bonds. The third-order valence-corrected chi connectivity index (χ3v) is 4.05. The van der Waals surface area contributed by atoms with E-state index < -0.39 is 0 Å². The monoisotopic (exact) mass is 280 g/mol. The summed E-state index contributed by atoms with van der Waals surface area (Å²) in [4.78, 5) is 8.22. The zero-order valence-corrected chi connectivity index (χ0v) is 11.6. The summed E-state index contributed by atoms with van der Waals surface area (Å²) in [5, 5.41) is 2.06. The Morgan fingerprint density at radius 1 is 1.00 bits per heavy atom. The van der Waals surface area contributed by atoms with Gasteiger partial charge in [-0.15, -0.1) is 0 Å². The van der Waals surface area contributed by atoms with Gasteiger partial charge in [-0.1, -0.05) is 41.9 Å². The highest BCUT2D eigenvalue weighted by atomic mass is 35.5. The van der Waals surface area contributed by atoms with Crippen LogP contribution in [-0.2, 0) is 6.42 Å². The molecule has 0 fully saturated rings. The van der Waals surface area contributed by atoms with Crippen LogP contribution in [0.5, 0.6) is 0 Å². The molecule has 0 atom stereocenters. The van der Waals surface area contributed by atoms with Crippen LogP contribution in [0.4, 0.5) is 0 Å². The van der Waals surface area contributed by atoms with Gasteiger partial charge in [-0.2, -0.15) is 0 Å². The van der Waals surface area contributed by atoms with Gasteiger partial charge in [0.05, 0.1) is 11.4 Å². The van der Waals surface area contributed by atoms with Crippen LogP contribution in [0, 0.1) is 0 Å². The van der Waals surface area contributed by atoms with E-state index in [0.717, 1.165) is 35.0 Å². The highest BCUT2D eigenvalue weighted by Gasteiger charge is 2.20. The average molecular weight is 281 g/mol. The first-order valence-electron chi connectivity index (χ1n) is 6.73. The number of hydrogen-bond acceptors (Lipinski definition) is 1. The van der Waals surface area contributed by atoms with Crippen molar-refractivity contribution in [2.75, 3.05) is 6.54 Å². The zero-order chi connectivity index (χ0) is 13.5. The molecule has 4 rings (SSSR count). The van der Waals surface area contributed by atoms with E-state index in [4.69, 9.17) is 16.6 Å². The van der Waals surface area contributed by atoms with Gasteiger partial charge in [0.15, 0.2) is 0 Å². The maximum Gasteiger partial charge on any atom is 0.0884 e. The van der Waals surface area contributed by atoms with Crippen LogP contribution < -0.4 is 0 Å². The molecule has 1 aliphatic heterocycles. The number of para-hydroxylation sites is 1. The summed E-state index contributed by atoms with van der Waals surface area (Å²) in [5.74, 6) is 0. The fourth-order valence-corrected chi connectivity index (χ4v) is 2.99. The molecule has 3 aromatic rings. The lowest BCUT2D eigenvalue weighted by molar-refractivity contribution is 0.948. The van der Waals surface area contributed by atoms with Crippen molar-refractivity contribution in [3.63, 3.8) is 0 Å². The minimum atomic E-state index is 0.752. The number of rotatable bonds is 1. The van der Waals surface area contributed by atoms with E-state index in [1.807, 2.05) is 24.3 Å². The number of halogens is 1. The second kappa shape index (κ2) is 4.50. The maximum absolute atomic E-state index is 5.97. The number of hydrogen-bond donors (Lipinski definition) is 1. The van der Waals surface area contributed by atoms with E-state index in [-0.39, 0.29) is 0 Å². The Labute approximate surface area is 122 Å². The number of aromatic nitrogens is 1. The third-order valence-electron chi connectivity index (χ3n) is 3.80. The van der Waals surface area contributed by atoms with Crippen molar-refractivity contribution < 1.29 is 0 Å². The summed E-state index contributed by atoms with van der Waals surface area (Å²) in [6.45, 7) is 0.840. The lowest BCUT2D eigenvalue weighted by atomic mass is 9.98. The van der Waals surface area contributed by atoms with E-state index in [1.165, 1.54) is 16.5 Å². The number of aromatic amines is 1. The van der Waals surface area contributed by atoms with Crippen LogP contribution in [0.25, 0.3) is 10.9 Å². The van der Waals surface area contributed by atoms with Crippen molar-refractivity contribution in [1.29, 1.82) is 0 Å². The molecular formula is C17H13ClN2. The van der Waals surface area contributed by atoms with Crippen LogP contribution >= 0.6 is 11.6 Å². The van der Waals surface area contributed by atoms with Crippen LogP contribution in [0.3, 0.4) is 0 Å². The van der Waals surface area contributed by atoms with Gasteiger partial charge in [-0.3, -0.25) is 4.99 Å². The molecule has 98 valence electrons. The topological polar surface area (TPSA) is 28.1 Å². The van der Waals surface area contributed by atoms with Crippen LogP contribution in [-0.4, -0.2) is 17.2 Å². The zero-order valence-electron chi connectivity index (χ0n) is 10.9. The SMILES string of the molecule is Clc1ccc(C2=NCCc3c2[nH]c2ccccc32)cc1. The van der Waals surface area contributed by atoms with Crippen molar-refractivity contribution in [2.24, 2.45) is 4.99 Å². The molecule has 2 heterocycles. The van der Waals surface area contributed by atoms with Gasteiger partial charge >= 0.3 is 0 Å². The summed E-state index contributed by atoms with van der Waals surface area (Å²) < 4.78 is 0. The predicted octanol–water partition coefficient (Wildman–Crippen LogP) is 4.21. The molecule has 0 aliphatic carbocycles. The van der Waals surface area contributed by atoms with Crippen molar-refractivity contribution in [2.45, 2.75) is 6.42 Å². The Balaban J connectivity index is 1.92. The lowest BCUT2D eigenvalue weighted by Crippen LogP contribution is -2.13. The smallest absolute Gasteiger partial charge is 0.0884 e. The van der Waals surface area contributed by atoms with Gasteiger partial charge in [0.2, 0.25) is 0 Å². The first kappa shape index (κ1) is 11.7. The molecule has 0 unspecified atom stereocenters. The predicted molar refractivity (Wildman–Crippen MR) is 84.0 cm³/mol. The molecule has 1 aliphatic rings. The highest BCUT2D eigenvalue weighted by Crippen LogP contribution is 2.28. The van der Waals surface area contributed by atoms with E-state index in [0.29, 0.717) is 0 Å². The average Bonchev–Trinajstić information content (AvgIpc) is 2.87. The second-order valence-corrected chi connectivity index (χ2v) is 5.45. The van der Waals surface area contributed by atoms with E-state index in [1.54, 1.807) is 0 Å². The molecule has 0 radical (unpaired) electrons. The van der Waals surface area contributed by atoms with Gasteiger partial charge in [0.25, 0.3) is 0 Å². The Morgan fingerprint density at radius 3 is 2.65 bits per heavy atom. The molecule has 1 N–H and O–H groups in total. The van der Waals surface area contributed by atoms with E-state index in [2.05, 4.69) is 29.2 Å². The fraction of sp³-hybridized carbons (Fsp3) is 0.118. The van der Waals surface area contributed by atoms with Gasteiger partial charge in [-0.05, 0) is 30.2 Å². The molecule has 1 aromatic heterocycles. The Kier molecular flexibility index (Phi) is 2.64. The summed E-state index contributed by atoms with van der Waals surface area (Å²) in [5.41, 5.74) is 5.86. The number of H-pyrrole nitrogens is 1. The Morgan fingerprint density at radius 2 is 1.80 bits per heavy atom. The molecule has 2 nitrogen and oxygen atoms in total. The normalized spacial score (nSPS) is 14.2. The van der Waals surface area contributed by atoms with Crippen LogP contribution in [0.15, 0.2) is 53.5 Å². The van der Waals surface area contributed by atoms with Gasteiger partial charge in [-0.25, -0.2) is 0 Å². The number of aliphatic imine (C=N–C) groups is 1. The molecule has 0 spiro atoms. The van der Waals surface area contributed by atoms with E-state index in [9.17, 15) is 0 Å². The van der Waals surface area contributed by atoms with Crippen LogP contribution in [0.1, 0.15) is 16.8 Å². The Hall–Kier alpha value is -2.06. The first-order chi connectivity index (χ1) is 9.83. The molecule has 0 saturated carbocycles. The van der Waals surface area contributed by atoms with Crippen molar-refractivity contribution in [1.82, 2.24) is 4.98 Å². The van der Waals surface area contributed by atoms with Gasteiger partial charge < -0.3 is 4.98 Å². The second-order valence-electron chi connectivity index (χ2n) is 5.01. The fourth-order valence-electron chi connectivity index (χ4n) is 2.86. The van der Waals surface area contributed by atoms with Crippen LogP contribution in [0.2, 0.25) is 5.02 Å². The largest absolute Gasteiger partial charge is 0.353 e. The minimum Gasteiger partial charge on any atom is -0.353 e. The Bertz CT molecular complexity index is 813. The maximum atomic E-state index is 5.97. The number of nitrogens with zero attached hydrogens (tertiary/aromatic N) is 1. The lowest BCUT2D eigenvalue weighted by Gasteiger charge is -2.13. The summed E-state index contributed by atoms with van der Waals surface area (Å²) in [7, 11) is 0. The van der Waals surface area contributed by atoms with Crippen molar-refractivity contribution in [3.8, 4) is 0 Å². The molecular weight excluding hydrogens is 268 g/mol. The standard InChI is InChI=1S/C17H13ClN2/c18-12-7-5-11(6-8-12)16-17-14(9-10-19-16)13-3-1-2-4-15(13)20-17/h1-8,20H,9-10H2. The quantitative estimate of drug-likeness (QED) is 0.691. The summed E-state index contributed by atoms with van der Waals surface area (Å²) >= 11 is 5.97. The molecule has 0 bridgehead atoms. The number of nitrogens with one attached hydrogen (secondary N) is 1. The third kappa shape index (κ3) is 1.76. The van der Waals surface area contributed by atoms with E-state index >= 15 is 0 Å². The molecule has 20 heavy (non-hydrogen) atoms.